The first-order valence-electron chi connectivity index (χ1n) is 28.0. The zero-order chi connectivity index (χ0) is 55.0. The number of ether oxygens (including phenoxy) is 5. The molecule has 2 aromatic heterocycles. The summed E-state index contributed by atoms with van der Waals surface area (Å²) < 4.78 is 32.7. The fraction of sp³-hybridized carbons (Fsp3) is 0.525. The molecule has 17 heteroatoms. The number of likely N-dealkylation sites (N-methyl/N-ethyl adjacent to an activating group) is 1. The second-order valence-corrected chi connectivity index (χ2v) is 23.1. The molecule has 0 radical (unpaired) electrons. The van der Waals surface area contributed by atoms with E-state index in [9.17, 15) is 19.5 Å². The third-order valence-corrected chi connectivity index (χ3v) is 16.8. The van der Waals surface area contributed by atoms with Crippen molar-refractivity contribution in [3.05, 3.63) is 101 Å². The Morgan fingerprint density at radius 1 is 0.987 bits per heavy atom. The molecule has 1 aliphatic carbocycles. The Balaban J connectivity index is 1.03. The number of benzene rings is 3. The first-order valence-corrected chi connectivity index (χ1v) is 28.0. The highest BCUT2D eigenvalue weighted by Crippen LogP contribution is 2.44. The van der Waals surface area contributed by atoms with E-state index in [1.807, 2.05) is 63.2 Å². The van der Waals surface area contributed by atoms with Crippen LogP contribution in [-0.4, -0.2) is 150 Å². The van der Waals surface area contributed by atoms with Gasteiger partial charge in [-0.3, -0.25) is 34.1 Å². The Morgan fingerprint density at radius 2 is 1.76 bits per heavy atom. The lowest BCUT2D eigenvalue weighted by molar-refractivity contribution is -0.171. The van der Waals surface area contributed by atoms with Crippen LogP contribution < -0.4 is 15.5 Å². The minimum absolute atomic E-state index is 0.00390. The van der Waals surface area contributed by atoms with Gasteiger partial charge in [-0.15, -0.1) is 0 Å². The summed E-state index contributed by atoms with van der Waals surface area (Å²) in [5.41, 5.74) is 10.4. The van der Waals surface area contributed by atoms with Crippen LogP contribution in [0.25, 0.3) is 33.3 Å². The fourth-order valence-corrected chi connectivity index (χ4v) is 12.5. The lowest BCUT2D eigenvalue weighted by Gasteiger charge is -2.53. The number of methoxy groups -OCH3 is 1. The molecule has 8 bridgehead atoms. The van der Waals surface area contributed by atoms with Crippen LogP contribution in [-0.2, 0) is 57.5 Å². The summed E-state index contributed by atoms with van der Waals surface area (Å²) >= 11 is 0. The number of hydrogen-bond acceptors (Lipinski definition) is 13. The number of esters is 1. The highest BCUT2D eigenvalue weighted by atomic mass is 16.5. The van der Waals surface area contributed by atoms with E-state index in [0.717, 1.165) is 69.7 Å². The van der Waals surface area contributed by atoms with E-state index in [2.05, 4.69) is 59.2 Å². The average Bonchev–Trinajstić information content (AvgIpc) is 4.25. The van der Waals surface area contributed by atoms with E-state index in [-0.39, 0.29) is 54.6 Å². The number of pyridine rings is 1. The molecule has 78 heavy (non-hydrogen) atoms. The summed E-state index contributed by atoms with van der Waals surface area (Å²) in [5.74, 6) is -1.64. The number of aromatic hydroxyl groups is 1. The van der Waals surface area contributed by atoms with Crippen molar-refractivity contribution in [1.29, 1.82) is 0 Å². The maximum atomic E-state index is 15.2. The normalized spacial score (nSPS) is 24.2. The highest BCUT2D eigenvalue weighted by Gasteiger charge is 2.52. The standard InChI is InChI=1S/C61H77N7O10/c1-9-67-51-16-15-40-31-47(51)49(55(67)48-32-45(34-62-52(48)37(4)74-8)76-24-20-66-18-22-75-23-19-66)33-61(5,6)35-78-60(73)53-42-28-43(29-42)68(64-53)58(71)50(27-38-25-41(40)30-44(69)26-38)63-57(70)54(36(2)3)65(7)59(72)56-46(17-21-77-56)39-13-11-10-12-14-39/h10-16,25-26,30-32,34,36-37,42-43,46,50,53-54,56,64,69H,9,17-24,27-29,33,35H2,1-8H3,(H,63,70)/t37?,42?,43?,46?,50-,53?,54?,56?/m0/s1. The van der Waals surface area contributed by atoms with Crippen molar-refractivity contribution >= 4 is 34.6 Å². The Labute approximate surface area is 457 Å². The van der Waals surface area contributed by atoms with Crippen molar-refractivity contribution in [3.63, 3.8) is 0 Å². The number of phenols is 1. The number of morpholine rings is 1. The van der Waals surface area contributed by atoms with Gasteiger partial charge in [0.15, 0.2) is 0 Å². The van der Waals surface area contributed by atoms with Gasteiger partial charge >= 0.3 is 5.97 Å². The predicted octanol–water partition coefficient (Wildman–Crippen LogP) is 7.22. The first-order chi connectivity index (χ1) is 37.5. The number of aryl methyl sites for hydroxylation is 1. The van der Waals surface area contributed by atoms with Gasteiger partial charge in [0.2, 0.25) is 5.91 Å². The number of amides is 3. The Hall–Kier alpha value is -6.37. The number of rotatable bonds is 14. The molecule has 1 saturated carbocycles. The van der Waals surface area contributed by atoms with Crippen molar-refractivity contribution in [2.24, 2.45) is 17.3 Å². The lowest BCUT2D eigenvalue weighted by Crippen LogP contribution is -2.72. The van der Waals surface area contributed by atoms with Crippen LogP contribution in [0.4, 0.5) is 0 Å². The van der Waals surface area contributed by atoms with E-state index in [4.69, 9.17) is 28.7 Å². The Kier molecular flexibility index (Phi) is 16.3. The molecular formula is C61H77N7O10. The first kappa shape index (κ1) is 55.0. The highest BCUT2D eigenvalue weighted by molar-refractivity contribution is 5.96. The topological polar surface area (TPSA) is 186 Å². The molecule has 0 spiro atoms. The summed E-state index contributed by atoms with van der Waals surface area (Å²) in [6.07, 6.45) is 2.97. The Bertz CT molecular complexity index is 3000. The van der Waals surface area contributed by atoms with Crippen LogP contribution in [0.5, 0.6) is 11.5 Å². The maximum absolute atomic E-state index is 15.2. The molecule has 6 aliphatic rings. The van der Waals surface area contributed by atoms with Crippen molar-refractivity contribution in [3.8, 4) is 33.9 Å². The minimum atomic E-state index is -1.16. The molecule has 416 valence electrons. The van der Waals surface area contributed by atoms with Gasteiger partial charge in [0.1, 0.15) is 42.3 Å². The molecule has 11 rings (SSSR count). The van der Waals surface area contributed by atoms with Crippen molar-refractivity contribution in [1.82, 2.24) is 35.1 Å². The molecule has 5 aliphatic heterocycles. The molecule has 4 saturated heterocycles. The molecule has 7 heterocycles. The number of carbonyl (C=O) groups is 4. The molecule has 3 amide bonds. The molecule has 5 unspecified atom stereocenters. The summed E-state index contributed by atoms with van der Waals surface area (Å²) in [5, 5.41) is 17.2. The van der Waals surface area contributed by atoms with Gasteiger partial charge in [0, 0.05) is 87.2 Å². The van der Waals surface area contributed by atoms with E-state index < -0.39 is 47.4 Å². The van der Waals surface area contributed by atoms with E-state index >= 15 is 4.79 Å². The van der Waals surface area contributed by atoms with Gasteiger partial charge in [-0.25, -0.2) is 5.43 Å². The van der Waals surface area contributed by atoms with Crippen LogP contribution in [0.15, 0.2) is 79.0 Å². The number of carbonyl (C=O) groups excluding carboxylic acids is 4. The average molecular weight is 1070 g/mol. The van der Waals surface area contributed by atoms with Gasteiger partial charge in [-0.1, -0.05) is 70.2 Å². The van der Waals surface area contributed by atoms with Crippen molar-refractivity contribution in [2.75, 3.05) is 66.8 Å². The quantitative estimate of drug-likeness (QED) is 0.0949. The van der Waals surface area contributed by atoms with Crippen molar-refractivity contribution in [2.45, 2.75) is 122 Å². The minimum Gasteiger partial charge on any atom is -0.508 e. The Morgan fingerprint density at radius 3 is 2.49 bits per heavy atom. The third kappa shape index (κ3) is 11.3. The summed E-state index contributed by atoms with van der Waals surface area (Å²) in [4.78, 5) is 67.7. The van der Waals surface area contributed by atoms with Gasteiger partial charge in [-0.05, 0) is 110 Å². The maximum Gasteiger partial charge on any atom is 0.325 e. The molecule has 3 aromatic carbocycles. The number of aromatic nitrogens is 2. The number of phenolic OH excluding ortho intramolecular Hbond substituents is 1. The molecule has 5 fully saturated rings. The van der Waals surface area contributed by atoms with Crippen LogP contribution in [0.3, 0.4) is 0 Å². The summed E-state index contributed by atoms with van der Waals surface area (Å²) in [6.45, 7) is 17.6. The second kappa shape index (κ2) is 23.1. The van der Waals surface area contributed by atoms with Gasteiger partial charge < -0.3 is 43.6 Å². The molecule has 17 nitrogen and oxygen atoms in total. The summed E-state index contributed by atoms with van der Waals surface area (Å²) in [6, 6.07) is 20.3. The van der Waals surface area contributed by atoms with Gasteiger partial charge in [0.05, 0.1) is 43.5 Å². The van der Waals surface area contributed by atoms with Crippen LogP contribution >= 0.6 is 0 Å². The zero-order valence-electron chi connectivity index (χ0n) is 46.5. The van der Waals surface area contributed by atoms with Crippen LogP contribution in [0, 0.1) is 17.3 Å². The smallest absolute Gasteiger partial charge is 0.325 e. The van der Waals surface area contributed by atoms with Crippen LogP contribution in [0.1, 0.15) is 95.2 Å². The molecule has 5 aromatic rings. The third-order valence-electron chi connectivity index (χ3n) is 16.8. The largest absolute Gasteiger partial charge is 0.508 e. The second-order valence-electron chi connectivity index (χ2n) is 23.1. The molecular weight excluding hydrogens is 991 g/mol. The van der Waals surface area contributed by atoms with E-state index in [1.165, 1.54) is 9.91 Å². The summed E-state index contributed by atoms with van der Waals surface area (Å²) in [7, 11) is 3.30. The van der Waals surface area contributed by atoms with Crippen LogP contribution in [0.2, 0.25) is 0 Å². The fourth-order valence-electron chi connectivity index (χ4n) is 12.5. The number of hydrogen-bond donors (Lipinski definition) is 3. The zero-order valence-corrected chi connectivity index (χ0v) is 46.5. The number of fused-ring (bicyclic) bond motifs is 4. The molecule has 3 N–H and O–H groups in total. The van der Waals surface area contributed by atoms with E-state index in [1.54, 1.807) is 32.5 Å². The van der Waals surface area contributed by atoms with Crippen molar-refractivity contribution < 1.29 is 48.0 Å². The lowest BCUT2D eigenvalue weighted by atomic mass is 9.73. The number of hydrazine groups is 1. The van der Waals surface area contributed by atoms with Gasteiger partial charge in [0.25, 0.3) is 11.8 Å². The van der Waals surface area contributed by atoms with E-state index in [0.29, 0.717) is 70.0 Å². The number of nitrogens with zero attached hydrogens (tertiary/aromatic N) is 5. The SMILES string of the molecule is CCn1c(-c2cc(OCCN3CCOCC3)cnc2C(C)OC)c2c3cc(ccc31)-c1cc(O)cc(c1)C[C@H](NC(=O)C(C(C)C)N(C)C(=O)C1OCCC1c1ccccc1)C(=O)N1NC(C(=O)OCC(C)(C)C2)C2CC1C2. The number of cyclic esters (lactones) is 1. The monoisotopic (exact) mass is 1070 g/mol. The van der Waals surface area contributed by atoms with Gasteiger partial charge in [-0.2, -0.15) is 0 Å². The molecule has 6 atom stereocenters. The predicted molar refractivity (Wildman–Crippen MR) is 295 cm³/mol. The number of nitrogens with one attached hydrogen (secondary N) is 2.